The first-order valence-corrected chi connectivity index (χ1v) is 4.76. The molecule has 5 nitrogen and oxygen atoms in total. The number of hydrogen-bond acceptors (Lipinski definition) is 5. The van der Waals surface area contributed by atoms with Crippen LogP contribution in [0.1, 0.15) is 18.6 Å². The van der Waals surface area contributed by atoms with Crippen LogP contribution in [-0.4, -0.2) is 40.5 Å². The van der Waals surface area contributed by atoms with E-state index in [-0.39, 0.29) is 0 Å². The van der Waals surface area contributed by atoms with E-state index in [4.69, 9.17) is 5.73 Å². The first-order chi connectivity index (χ1) is 6.61. The molecule has 0 aliphatic carbocycles. The largest absolute Gasteiger partial charge is 0.368 e. The van der Waals surface area contributed by atoms with Gasteiger partial charge in [-0.15, -0.1) is 0 Å². The van der Waals surface area contributed by atoms with Crippen LogP contribution in [0.4, 0.5) is 5.95 Å². The molecule has 0 radical (unpaired) electrons. The summed E-state index contributed by atoms with van der Waals surface area (Å²) < 4.78 is 0. The third-order valence-electron chi connectivity index (χ3n) is 1.84. The van der Waals surface area contributed by atoms with Crippen molar-refractivity contribution in [1.82, 2.24) is 19.9 Å². The number of nitrogens with two attached hydrogens (primary N) is 1. The zero-order valence-electron chi connectivity index (χ0n) is 8.99. The molecular formula is C9H17N5. The SMILES string of the molecule is CCc1nc(N)nc(CCN(C)C)n1. The van der Waals surface area contributed by atoms with Crippen LogP contribution in [0.5, 0.6) is 0 Å². The highest BCUT2D eigenvalue weighted by Crippen LogP contribution is 1.99. The van der Waals surface area contributed by atoms with E-state index < -0.39 is 0 Å². The lowest BCUT2D eigenvalue weighted by molar-refractivity contribution is 0.409. The highest BCUT2D eigenvalue weighted by Gasteiger charge is 2.03. The van der Waals surface area contributed by atoms with Crippen molar-refractivity contribution < 1.29 is 0 Å². The molecule has 5 heteroatoms. The summed E-state index contributed by atoms with van der Waals surface area (Å²) in [6.45, 7) is 2.93. The van der Waals surface area contributed by atoms with E-state index in [2.05, 4.69) is 19.9 Å². The average Bonchev–Trinajstić information content (AvgIpc) is 2.14. The van der Waals surface area contributed by atoms with E-state index in [1.54, 1.807) is 0 Å². The lowest BCUT2D eigenvalue weighted by Gasteiger charge is -2.08. The lowest BCUT2D eigenvalue weighted by atomic mass is 10.3. The predicted molar refractivity (Wildman–Crippen MR) is 55.9 cm³/mol. The van der Waals surface area contributed by atoms with Crippen LogP contribution in [0.15, 0.2) is 0 Å². The third-order valence-corrected chi connectivity index (χ3v) is 1.84. The molecule has 78 valence electrons. The molecule has 0 unspecified atom stereocenters. The summed E-state index contributed by atoms with van der Waals surface area (Å²) in [5.74, 6) is 1.87. The molecule has 2 N–H and O–H groups in total. The molecule has 0 aliphatic rings. The van der Waals surface area contributed by atoms with Gasteiger partial charge in [0.1, 0.15) is 11.6 Å². The van der Waals surface area contributed by atoms with Crippen LogP contribution in [-0.2, 0) is 12.8 Å². The van der Waals surface area contributed by atoms with Gasteiger partial charge in [-0.05, 0) is 14.1 Å². The normalized spacial score (nSPS) is 10.9. The van der Waals surface area contributed by atoms with Crippen molar-refractivity contribution in [1.29, 1.82) is 0 Å². The zero-order chi connectivity index (χ0) is 10.6. The van der Waals surface area contributed by atoms with Crippen molar-refractivity contribution in [3.63, 3.8) is 0 Å². The summed E-state index contributed by atoms with van der Waals surface area (Å²) >= 11 is 0. The first kappa shape index (κ1) is 10.8. The van der Waals surface area contributed by atoms with Crippen molar-refractivity contribution in [2.24, 2.45) is 0 Å². The van der Waals surface area contributed by atoms with Gasteiger partial charge in [-0.3, -0.25) is 0 Å². The monoisotopic (exact) mass is 195 g/mol. The van der Waals surface area contributed by atoms with Crippen LogP contribution < -0.4 is 5.73 Å². The van der Waals surface area contributed by atoms with Gasteiger partial charge in [-0.2, -0.15) is 9.97 Å². The molecule has 0 amide bonds. The van der Waals surface area contributed by atoms with Crippen LogP contribution in [0.2, 0.25) is 0 Å². The number of hydrogen-bond donors (Lipinski definition) is 1. The fourth-order valence-electron chi connectivity index (χ4n) is 1.08. The second-order valence-corrected chi connectivity index (χ2v) is 3.43. The van der Waals surface area contributed by atoms with E-state index >= 15 is 0 Å². The van der Waals surface area contributed by atoms with E-state index in [1.165, 1.54) is 0 Å². The molecule has 0 fully saturated rings. The molecule has 1 aromatic heterocycles. The van der Waals surface area contributed by atoms with Gasteiger partial charge in [-0.1, -0.05) is 6.92 Å². The van der Waals surface area contributed by atoms with Crippen molar-refractivity contribution >= 4 is 5.95 Å². The molecule has 1 aromatic rings. The Morgan fingerprint density at radius 2 is 1.79 bits per heavy atom. The number of aryl methyl sites for hydroxylation is 1. The fourth-order valence-corrected chi connectivity index (χ4v) is 1.08. The number of rotatable bonds is 4. The maximum atomic E-state index is 5.57. The van der Waals surface area contributed by atoms with E-state index in [0.717, 1.165) is 31.0 Å². The Morgan fingerprint density at radius 3 is 2.36 bits per heavy atom. The van der Waals surface area contributed by atoms with Crippen molar-refractivity contribution in [3.8, 4) is 0 Å². The van der Waals surface area contributed by atoms with Crippen molar-refractivity contribution in [2.75, 3.05) is 26.4 Å². The maximum absolute atomic E-state index is 5.57. The molecule has 0 aromatic carbocycles. The standard InChI is InChI=1S/C9H17N5/c1-4-7-11-8(5-6-14(2)3)13-9(10)12-7/h4-6H2,1-3H3,(H2,10,11,12,13). The third kappa shape index (κ3) is 3.26. The second-order valence-electron chi connectivity index (χ2n) is 3.43. The number of nitrogen functional groups attached to an aromatic ring is 1. The highest BCUT2D eigenvalue weighted by molar-refractivity contribution is 5.15. The Balaban J connectivity index is 2.71. The molecule has 0 aliphatic heterocycles. The van der Waals surface area contributed by atoms with E-state index in [1.807, 2.05) is 21.0 Å². The summed E-state index contributed by atoms with van der Waals surface area (Å²) in [6, 6.07) is 0. The Kier molecular flexibility index (Phi) is 3.76. The molecule has 1 rings (SSSR count). The summed E-state index contributed by atoms with van der Waals surface area (Å²) in [6.07, 6.45) is 1.61. The molecule has 1 heterocycles. The molecule has 0 atom stereocenters. The average molecular weight is 195 g/mol. The smallest absolute Gasteiger partial charge is 0.223 e. The lowest BCUT2D eigenvalue weighted by Crippen LogP contribution is -2.17. The first-order valence-electron chi connectivity index (χ1n) is 4.76. The topological polar surface area (TPSA) is 67.9 Å². The van der Waals surface area contributed by atoms with Gasteiger partial charge < -0.3 is 10.6 Å². The van der Waals surface area contributed by atoms with Crippen LogP contribution in [0.3, 0.4) is 0 Å². The predicted octanol–water partition coefficient (Wildman–Crippen LogP) is 0.120. The number of aromatic nitrogens is 3. The zero-order valence-corrected chi connectivity index (χ0v) is 8.99. The Bertz CT molecular complexity index is 297. The molecule has 0 spiro atoms. The fraction of sp³-hybridized carbons (Fsp3) is 0.667. The molecule has 0 bridgehead atoms. The summed E-state index contributed by atoms with van der Waals surface area (Å²) in [5, 5.41) is 0. The number of nitrogens with zero attached hydrogens (tertiary/aromatic N) is 4. The summed E-state index contributed by atoms with van der Waals surface area (Å²) in [4.78, 5) is 14.5. The molecule has 14 heavy (non-hydrogen) atoms. The minimum absolute atomic E-state index is 0.325. The van der Waals surface area contributed by atoms with E-state index in [9.17, 15) is 0 Å². The van der Waals surface area contributed by atoms with Crippen LogP contribution >= 0.6 is 0 Å². The van der Waals surface area contributed by atoms with Crippen molar-refractivity contribution in [2.45, 2.75) is 19.8 Å². The minimum Gasteiger partial charge on any atom is -0.368 e. The van der Waals surface area contributed by atoms with Gasteiger partial charge in [0, 0.05) is 19.4 Å². The Labute approximate surface area is 84.4 Å². The quantitative estimate of drug-likeness (QED) is 0.739. The minimum atomic E-state index is 0.325. The Hall–Kier alpha value is -1.23. The molecule has 0 saturated carbocycles. The van der Waals surface area contributed by atoms with Gasteiger partial charge in [0.05, 0.1) is 0 Å². The highest BCUT2D eigenvalue weighted by atomic mass is 15.1. The maximum Gasteiger partial charge on any atom is 0.223 e. The summed E-state index contributed by atoms with van der Waals surface area (Å²) in [7, 11) is 4.04. The number of likely N-dealkylation sites (N-methyl/N-ethyl adjacent to an activating group) is 1. The number of anilines is 1. The van der Waals surface area contributed by atoms with Gasteiger partial charge in [0.25, 0.3) is 0 Å². The van der Waals surface area contributed by atoms with E-state index in [0.29, 0.717) is 5.95 Å². The van der Waals surface area contributed by atoms with Gasteiger partial charge in [-0.25, -0.2) is 4.98 Å². The van der Waals surface area contributed by atoms with Gasteiger partial charge in [0.2, 0.25) is 5.95 Å². The molecule has 0 saturated heterocycles. The van der Waals surface area contributed by atoms with Gasteiger partial charge >= 0.3 is 0 Å². The van der Waals surface area contributed by atoms with Crippen molar-refractivity contribution in [3.05, 3.63) is 11.6 Å². The van der Waals surface area contributed by atoms with Crippen LogP contribution in [0, 0.1) is 0 Å². The second kappa shape index (κ2) is 4.85. The van der Waals surface area contributed by atoms with Gasteiger partial charge in [0.15, 0.2) is 0 Å². The van der Waals surface area contributed by atoms with Crippen LogP contribution in [0.25, 0.3) is 0 Å². The Morgan fingerprint density at radius 1 is 1.14 bits per heavy atom. The molecular weight excluding hydrogens is 178 g/mol. The summed E-state index contributed by atoms with van der Waals surface area (Å²) in [5.41, 5.74) is 5.57.